The summed E-state index contributed by atoms with van der Waals surface area (Å²) in [4.78, 5) is 2.39. The average Bonchev–Trinajstić information content (AvgIpc) is 2.72. The summed E-state index contributed by atoms with van der Waals surface area (Å²) in [6.07, 6.45) is 1.69. The van der Waals surface area contributed by atoms with E-state index in [0.29, 0.717) is 0 Å². The van der Waals surface area contributed by atoms with Gasteiger partial charge in [-0.05, 0) is 12.1 Å². The van der Waals surface area contributed by atoms with E-state index in [1.54, 1.807) is 6.26 Å². The highest BCUT2D eigenvalue weighted by atomic mass is 16.3. The van der Waals surface area contributed by atoms with Gasteiger partial charge in [0.05, 0.1) is 6.26 Å². The topological polar surface area (TPSA) is 28.4 Å². The van der Waals surface area contributed by atoms with Crippen LogP contribution in [0.2, 0.25) is 0 Å². The van der Waals surface area contributed by atoms with Crippen molar-refractivity contribution >= 4 is 5.57 Å². The number of piperazine rings is 1. The van der Waals surface area contributed by atoms with Crippen molar-refractivity contribution < 1.29 is 4.42 Å². The number of hydrogen-bond acceptors (Lipinski definition) is 3. The molecule has 0 bridgehead atoms. The van der Waals surface area contributed by atoms with Crippen LogP contribution in [0.15, 0.2) is 29.4 Å². The predicted octanol–water partition coefficient (Wildman–Crippen LogP) is 1.20. The summed E-state index contributed by atoms with van der Waals surface area (Å²) in [7, 11) is 0. The first kappa shape index (κ1) is 9.49. The van der Waals surface area contributed by atoms with E-state index in [0.717, 1.165) is 44.1 Å². The maximum atomic E-state index is 5.29. The van der Waals surface area contributed by atoms with Crippen LogP contribution < -0.4 is 5.32 Å². The highest BCUT2D eigenvalue weighted by Crippen LogP contribution is 2.14. The van der Waals surface area contributed by atoms with Crippen LogP contribution in [0.4, 0.5) is 0 Å². The normalized spacial score (nSPS) is 18.3. The first-order valence-electron chi connectivity index (χ1n) is 5.01. The molecular weight excluding hydrogens is 176 g/mol. The zero-order valence-corrected chi connectivity index (χ0v) is 8.33. The fraction of sp³-hybridized carbons (Fsp3) is 0.455. The zero-order chi connectivity index (χ0) is 9.80. The molecule has 1 aliphatic heterocycles. The average molecular weight is 192 g/mol. The van der Waals surface area contributed by atoms with E-state index in [9.17, 15) is 0 Å². The maximum absolute atomic E-state index is 5.29. The minimum Gasteiger partial charge on any atom is -0.465 e. The molecule has 1 aromatic heterocycles. The van der Waals surface area contributed by atoms with E-state index in [-0.39, 0.29) is 0 Å². The van der Waals surface area contributed by atoms with Crippen molar-refractivity contribution in [3.05, 3.63) is 30.7 Å². The molecule has 1 saturated heterocycles. The van der Waals surface area contributed by atoms with E-state index in [1.807, 2.05) is 12.1 Å². The third-order valence-electron chi connectivity index (χ3n) is 2.49. The third kappa shape index (κ3) is 2.25. The summed E-state index contributed by atoms with van der Waals surface area (Å²) in [5.41, 5.74) is 1.07. The molecule has 1 aromatic rings. The van der Waals surface area contributed by atoms with Gasteiger partial charge < -0.3 is 9.73 Å². The minimum absolute atomic E-state index is 0.906. The third-order valence-corrected chi connectivity index (χ3v) is 2.49. The van der Waals surface area contributed by atoms with Gasteiger partial charge in [0.15, 0.2) is 0 Å². The lowest BCUT2D eigenvalue weighted by atomic mass is 10.2. The van der Waals surface area contributed by atoms with Crippen LogP contribution in [0.5, 0.6) is 0 Å². The Hall–Kier alpha value is -1.06. The summed E-state index contributed by atoms with van der Waals surface area (Å²) >= 11 is 0. The lowest BCUT2D eigenvalue weighted by Crippen LogP contribution is -2.43. The van der Waals surface area contributed by atoms with Gasteiger partial charge in [-0.1, -0.05) is 6.58 Å². The standard InChI is InChI=1S/C11H16N2O/c1-10(11-3-2-8-14-11)9-13-6-4-12-5-7-13/h2-3,8,12H,1,4-7,9H2. The fourth-order valence-electron chi connectivity index (χ4n) is 1.70. The smallest absolute Gasteiger partial charge is 0.130 e. The van der Waals surface area contributed by atoms with Crippen LogP contribution in [-0.2, 0) is 0 Å². The predicted molar refractivity (Wildman–Crippen MR) is 57.1 cm³/mol. The number of furan rings is 1. The Balaban J connectivity index is 1.87. The molecule has 1 N–H and O–H groups in total. The van der Waals surface area contributed by atoms with E-state index < -0.39 is 0 Å². The molecule has 0 saturated carbocycles. The Morgan fingerprint density at radius 1 is 1.50 bits per heavy atom. The summed E-state index contributed by atoms with van der Waals surface area (Å²) in [5, 5.41) is 3.33. The number of nitrogens with zero attached hydrogens (tertiary/aromatic N) is 1. The lowest BCUT2D eigenvalue weighted by molar-refractivity contribution is 0.267. The Bertz CT molecular complexity index is 286. The van der Waals surface area contributed by atoms with Crippen LogP contribution in [0.3, 0.4) is 0 Å². The van der Waals surface area contributed by atoms with Crippen molar-refractivity contribution in [1.82, 2.24) is 10.2 Å². The van der Waals surface area contributed by atoms with Gasteiger partial charge in [-0.2, -0.15) is 0 Å². The number of hydrogen-bond donors (Lipinski definition) is 1. The molecule has 14 heavy (non-hydrogen) atoms. The fourth-order valence-corrected chi connectivity index (χ4v) is 1.70. The molecule has 0 spiro atoms. The number of nitrogens with one attached hydrogen (secondary N) is 1. The molecule has 76 valence electrons. The molecule has 0 aromatic carbocycles. The van der Waals surface area contributed by atoms with Gasteiger partial charge in [0.1, 0.15) is 5.76 Å². The molecule has 1 aliphatic rings. The molecule has 0 amide bonds. The molecule has 3 nitrogen and oxygen atoms in total. The Morgan fingerprint density at radius 3 is 2.93 bits per heavy atom. The molecule has 1 fully saturated rings. The summed E-state index contributed by atoms with van der Waals surface area (Å²) < 4.78 is 5.29. The quantitative estimate of drug-likeness (QED) is 0.780. The highest BCUT2D eigenvalue weighted by Gasteiger charge is 2.11. The highest BCUT2D eigenvalue weighted by molar-refractivity contribution is 5.59. The van der Waals surface area contributed by atoms with Crippen molar-refractivity contribution in [1.29, 1.82) is 0 Å². The van der Waals surface area contributed by atoms with Gasteiger partial charge in [-0.3, -0.25) is 4.90 Å². The van der Waals surface area contributed by atoms with Crippen LogP contribution in [0.25, 0.3) is 5.57 Å². The van der Waals surface area contributed by atoms with Gasteiger partial charge in [0.2, 0.25) is 0 Å². The molecule has 0 radical (unpaired) electrons. The van der Waals surface area contributed by atoms with Crippen molar-refractivity contribution in [3.63, 3.8) is 0 Å². The Morgan fingerprint density at radius 2 is 2.29 bits per heavy atom. The maximum Gasteiger partial charge on any atom is 0.130 e. The first-order valence-corrected chi connectivity index (χ1v) is 5.01. The zero-order valence-electron chi connectivity index (χ0n) is 8.33. The van der Waals surface area contributed by atoms with E-state index in [2.05, 4.69) is 16.8 Å². The van der Waals surface area contributed by atoms with Crippen molar-refractivity contribution in [2.75, 3.05) is 32.7 Å². The number of rotatable bonds is 3. The monoisotopic (exact) mass is 192 g/mol. The molecule has 2 rings (SSSR count). The Kier molecular flexibility index (Phi) is 3.01. The van der Waals surface area contributed by atoms with Gasteiger partial charge in [0, 0.05) is 38.3 Å². The molecule has 3 heteroatoms. The molecule has 0 unspecified atom stereocenters. The van der Waals surface area contributed by atoms with Crippen molar-refractivity contribution in [3.8, 4) is 0 Å². The van der Waals surface area contributed by atoms with Crippen LogP contribution >= 0.6 is 0 Å². The lowest BCUT2D eigenvalue weighted by Gasteiger charge is -2.27. The van der Waals surface area contributed by atoms with Gasteiger partial charge in [-0.25, -0.2) is 0 Å². The SMILES string of the molecule is C=C(CN1CCNCC1)c1ccco1. The molecule has 2 heterocycles. The second kappa shape index (κ2) is 4.44. The molecule has 0 atom stereocenters. The largest absolute Gasteiger partial charge is 0.465 e. The van der Waals surface area contributed by atoms with Crippen molar-refractivity contribution in [2.45, 2.75) is 0 Å². The van der Waals surface area contributed by atoms with Gasteiger partial charge in [0.25, 0.3) is 0 Å². The van der Waals surface area contributed by atoms with E-state index in [4.69, 9.17) is 4.42 Å². The van der Waals surface area contributed by atoms with E-state index >= 15 is 0 Å². The minimum atomic E-state index is 0.906. The first-order chi connectivity index (χ1) is 6.86. The van der Waals surface area contributed by atoms with Crippen LogP contribution in [0.1, 0.15) is 5.76 Å². The summed E-state index contributed by atoms with van der Waals surface area (Å²) in [5.74, 6) is 0.906. The molecule has 0 aliphatic carbocycles. The van der Waals surface area contributed by atoms with Crippen LogP contribution in [0, 0.1) is 0 Å². The van der Waals surface area contributed by atoms with E-state index in [1.165, 1.54) is 0 Å². The summed E-state index contributed by atoms with van der Waals surface area (Å²) in [6.45, 7) is 9.29. The summed E-state index contributed by atoms with van der Waals surface area (Å²) in [6, 6.07) is 3.86. The van der Waals surface area contributed by atoms with Crippen molar-refractivity contribution in [2.24, 2.45) is 0 Å². The second-order valence-corrected chi connectivity index (χ2v) is 3.61. The Labute approximate surface area is 84.4 Å². The van der Waals surface area contributed by atoms with Crippen LogP contribution in [-0.4, -0.2) is 37.6 Å². The van der Waals surface area contributed by atoms with Gasteiger partial charge in [-0.15, -0.1) is 0 Å². The van der Waals surface area contributed by atoms with Gasteiger partial charge >= 0.3 is 0 Å². The second-order valence-electron chi connectivity index (χ2n) is 3.61. The molecular formula is C11H16N2O.